The van der Waals surface area contributed by atoms with Crippen LogP contribution in [0.5, 0.6) is 0 Å². The fraction of sp³-hybridized carbons (Fsp3) is 0.429. The lowest BCUT2D eigenvalue weighted by molar-refractivity contribution is -0.138. The van der Waals surface area contributed by atoms with E-state index in [2.05, 4.69) is 10.6 Å². The van der Waals surface area contributed by atoms with Crippen LogP contribution >= 0.6 is 23.2 Å². The third kappa shape index (κ3) is 3.41. The number of carboxylic acids is 1. The lowest BCUT2D eigenvalue weighted by Crippen LogP contribution is -2.42. The van der Waals surface area contributed by atoms with Crippen LogP contribution in [-0.4, -0.2) is 23.0 Å². The van der Waals surface area contributed by atoms with Gasteiger partial charge in [0.05, 0.1) is 6.04 Å². The van der Waals surface area contributed by atoms with Gasteiger partial charge in [-0.05, 0) is 12.1 Å². The van der Waals surface area contributed by atoms with Gasteiger partial charge in [-0.2, -0.15) is 0 Å². The number of carbonyl (C=O) groups is 2. The molecular weight excluding hydrogens is 315 g/mol. The van der Waals surface area contributed by atoms with Gasteiger partial charge in [0.25, 0.3) is 0 Å². The number of nitrogens with one attached hydrogen (secondary N) is 2. The Bertz CT molecular complexity index is 590. The molecule has 0 aliphatic carbocycles. The summed E-state index contributed by atoms with van der Waals surface area (Å²) in [5.41, 5.74) is 1.22. The van der Waals surface area contributed by atoms with Crippen LogP contribution in [0.3, 0.4) is 0 Å². The maximum atomic E-state index is 11.9. The zero-order chi connectivity index (χ0) is 15.7. The highest BCUT2D eigenvalue weighted by Crippen LogP contribution is 2.39. The fourth-order valence-corrected chi connectivity index (χ4v) is 2.92. The van der Waals surface area contributed by atoms with E-state index in [1.54, 1.807) is 26.0 Å². The van der Waals surface area contributed by atoms with E-state index >= 15 is 0 Å². The van der Waals surface area contributed by atoms with Crippen molar-refractivity contribution < 1.29 is 14.7 Å². The third-order valence-corrected chi connectivity index (χ3v) is 3.91. The van der Waals surface area contributed by atoms with Crippen LogP contribution in [0.4, 0.5) is 5.69 Å². The molecule has 7 heteroatoms. The van der Waals surface area contributed by atoms with Crippen LogP contribution in [-0.2, 0) is 9.59 Å². The van der Waals surface area contributed by atoms with E-state index in [1.165, 1.54) is 0 Å². The summed E-state index contributed by atoms with van der Waals surface area (Å²) in [6.45, 7) is 3.55. The zero-order valence-electron chi connectivity index (χ0n) is 11.6. The molecule has 3 N–H and O–H groups in total. The highest BCUT2D eigenvalue weighted by atomic mass is 35.5. The molecule has 0 saturated carbocycles. The molecule has 1 heterocycles. The fourth-order valence-electron chi connectivity index (χ4n) is 2.29. The molecule has 1 aliphatic rings. The van der Waals surface area contributed by atoms with Crippen molar-refractivity contribution in [2.75, 3.05) is 5.32 Å². The average Bonchev–Trinajstić information content (AvgIpc) is 2.36. The summed E-state index contributed by atoms with van der Waals surface area (Å²) in [5.74, 6) is -1.33. The molecule has 0 bridgehead atoms. The SMILES string of the molecule is CC(C)C(=O)N[C@H]1C[C@H](C(=O)O)Nc2cc(Cl)cc(Cl)c21. The molecule has 21 heavy (non-hydrogen) atoms. The molecule has 2 atom stereocenters. The molecular formula is C14H16Cl2N2O3. The van der Waals surface area contributed by atoms with Crippen LogP contribution in [0.1, 0.15) is 31.9 Å². The van der Waals surface area contributed by atoms with Crippen LogP contribution < -0.4 is 10.6 Å². The van der Waals surface area contributed by atoms with Crippen molar-refractivity contribution in [2.45, 2.75) is 32.4 Å². The summed E-state index contributed by atoms with van der Waals surface area (Å²) in [6.07, 6.45) is 0.224. The van der Waals surface area contributed by atoms with E-state index in [1.807, 2.05) is 0 Å². The van der Waals surface area contributed by atoms with E-state index in [0.717, 1.165) is 0 Å². The molecule has 0 aromatic heterocycles. The second-order valence-corrected chi connectivity index (χ2v) is 6.18. The van der Waals surface area contributed by atoms with Gasteiger partial charge >= 0.3 is 5.97 Å². The standard InChI is InChI=1S/C14H16Cl2N2O3/c1-6(2)13(19)18-10-5-11(14(20)21)17-9-4-7(15)3-8(16)12(9)10/h3-4,6,10-11,17H,5H2,1-2H3,(H,18,19)(H,20,21)/t10-,11+/m0/s1. The third-order valence-electron chi connectivity index (χ3n) is 3.38. The van der Waals surface area contributed by atoms with Gasteiger partial charge < -0.3 is 15.7 Å². The zero-order valence-corrected chi connectivity index (χ0v) is 13.1. The Kier molecular flexibility index (Phi) is 4.64. The molecule has 1 aromatic carbocycles. The number of benzene rings is 1. The number of halogens is 2. The molecule has 1 aromatic rings. The van der Waals surface area contributed by atoms with Crippen LogP contribution in [0.25, 0.3) is 0 Å². The van der Waals surface area contributed by atoms with Crippen LogP contribution in [0, 0.1) is 5.92 Å². The molecule has 2 rings (SSSR count). The quantitative estimate of drug-likeness (QED) is 0.795. The molecule has 0 unspecified atom stereocenters. The normalized spacial score (nSPS) is 20.6. The largest absolute Gasteiger partial charge is 0.480 e. The smallest absolute Gasteiger partial charge is 0.326 e. The highest BCUT2D eigenvalue weighted by molar-refractivity contribution is 6.35. The van der Waals surface area contributed by atoms with Gasteiger partial charge in [0.15, 0.2) is 0 Å². The lowest BCUT2D eigenvalue weighted by Gasteiger charge is -2.33. The number of hydrogen-bond acceptors (Lipinski definition) is 3. The maximum absolute atomic E-state index is 11.9. The minimum atomic E-state index is -0.986. The molecule has 1 amide bonds. The number of rotatable bonds is 3. The number of fused-ring (bicyclic) bond motifs is 1. The lowest BCUT2D eigenvalue weighted by atomic mass is 9.92. The second kappa shape index (κ2) is 6.12. The van der Waals surface area contributed by atoms with Crippen molar-refractivity contribution in [1.29, 1.82) is 0 Å². The number of carboxylic acid groups (broad SMARTS) is 1. The minimum Gasteiger partial charge on any atom is -0.480 e. The van der Waals surface area contributed by atoms with Crippen molar-refractivity contribution in [3.63, 3.8) is 0 Å². The Labute approximate surface area is 132 Å². The molecule has 114 valence electrons. The van der Waals surface area contributed by atoms with Gasteiger partial charge in [-0.25, -0.2) is 4.79 Å². The molecule has 0 radical (unpaired) electrons. The molecule has 0 spiro atoms. The Morgan fingerprint density at radius 2 is 2.05 bits per heavy atom. The van der Waals surface area contributed by atoms with Gasteiger partial charge in [-0.1, -0.05) is 37.0 Å². The van der Waals surface area contributed by atoms with Crippen molar-refractivity contribution in [1.82, 2.24) is 5.32 Å². The maximum Gasteiger partial charge on any atom is 0.326 e. The Morgan fingerprint density at radius 1 is 1.38 bits per heavy atom. The first-order valence-corrected chi connectivity index (χ1v) is 7.34. The highest BCUT2D eigenvalue weighted by Gasteiger charge is 2.33. The Hall–Kier alpha value is -1.46. The van der Waals surface area contributed by atoms with Crippen molar-refractivity contribution in [2.24, 2.45) is 5.92 Å². The van der Waals surface area contributed by atoms with Gasteiger partial charge in [-0.15, -0.1) is 0 Å². The van der Waals surface area contributed by atoms with Gasteiger partial charge in [0.2, 0.25) is 5.91 Å². The van der Waals surface area contributed by atoms with E-state index in [4.69, 9.17) is 23.2 Å². The minimum absolute atomic E-state index is 0.150. The van der Waals surface area contributed by atoms with Crippen molar-refractivity contribution in [3.8, 4) is 0 Å². The number of carbonyl (C=O) groups excluding carboxylic acids is 1. The van der Waals surface area contributed by atoms with Crippen molar-refractivity contribution >= 4 is 40.8 Å². The molecule has 0 saturated heterocycles. The number of hydrogen-bond donors (Lipinski definition) is 3. The van der Waals surface area contributed by atoms with Crippen LogP contribution in [0.15, 0.2) is 12.1 Å². The average molecular weight is 331 g/mol. The Morgan fingerprint density at radius 3 is 2.62 bits per heavy atom. The van der Waals surface area contributed by atoms with E-state index in [-0.39, 0.29) is 18.2 Å². The number of anilines is 1. The van der Waals surface area contributed by atoms with Crippen LogP contribution in [0.2, 0.25) is 10.0 Å². The summed E-state index contributed by atoms with van der Waals surface area (Å²) >= 11 is 12.2. The summed E-state index contributed by atoms with van der Waals surface area (Å²) < 4.78 is 0. The monoisotopic (exact) mass is 330 g/mol. The summed E-state index contributed by atoms with van der Waals surface area (Å²) in [6, 6.07) is 1.94. The topological polar surface area (TPSA) is 78.4 Å². The molecule has 5 nitrogen and oxygen atoms in total. The van der Waals surface area contributed by atoms with Gasteiger partial charge in [0, 0.05) is 33.6 Å². The van der Waals surface area contributed by atoms with E-state index < -0.39 is 18.1 Å². The first kappa shape index (κ1) is 15.9. The number of amides is 1. The predicted octanol–water partition coefficient (Wildman–Crippen LogP) is 3.08. The summed E-state index contributed by atoms with van der Waals surface area (Å²) in [7, 11) is 0. The van der Waals surface area contributed by atoms with Crippen molar-refractivity contribution in [3.05, 3.63) is 27.7 Å². The number of aliphatic carboxylic acids is 1. The van der Waals surface area contributed by atoms with Gasteiger partial charge in [-0.3, -0.25) is 4.79 Å². The molecule has 0 fully saturated rings. The van der Waals surface area contributed by atoms with E-state index in [9.17, 15) is 14.7 Å². The first-order chi connectivity index (χ1) is 9.79. The Balaban J connectivity index is 2.41. The summed E-state index contributed by atoms with van der Waals surface area (Å²) in [5, 5.41) is 15.8. The molecule has 1 aliphatic heterocycles. The first-order valence-electron chi connectivity index (χ1n) is 6.58. The van der Waals surface area contributed by atoms with E-state index in [0.29, 0.717) is 21.3 Å². The second-order valence-electron chi connectivity index (χ2n) is 5.34. The predicted molar refractivity (Wildman–Crippen MR) is 81.8 cm³/mol. The van der Waals surface area contributed by atoms with Gasteiger partial charge in [0.1, 0.15) is 6.04 Å². The summed E-state index contributed by atoms with van der Waals surface area (Å²) in [4.78, 5) is 23.2.